The first-order valence-electron chi connectivity index (χ1n) is 6.30. The lowest BCUT2D eigenvalue weighted by Gasteiger charge is -2.34. The molecule has 1 unspecified atom stereocenters. The number of benzene rings is 1. The van der Waals surface area contributed by atoms with E-state index >= 15 is 0 Å². The number of nitrogens with zero attached hydrogens (tertiary/aromatic N) is 1. The topological polar surface area (TPSA) is 30.8 Å². The molecule has 116 valence electrons. The van der Waals surface area contributed by atoms with Gasteiger partial charge in [-0.05, 0) is 37.3 Å². The zero-order valence-corrected chi connectivity index (χ0v) is 14.4. The van der Waals surface area contributed by atoms with Crippen LogP contribution in [-0.4, -0.2) is 26.0 Å². The maximum absolute atomic E-state index is 13.4. The Bertz CT molecular complexity index is 554. The summed E-state index contributed by atoms with van der Waals surface area (Å²) in [6.45, 7) is 5.05. The molecule has 0 aromatic heterocycles. The molecule has 2 rings (SSSR count). The summed E-state index contributed by atoms with van der Waals surface area (Å²) in [5.41, 5.74) is 0.821. The van der Waals surface area contributed by atoms with Crippen molar-refractivity contribution in [3.63, 3.8) is 0 Å². The largest absolute Gasteiger partial charge is 0.457 e. The van der Waals surface area contributed by atoms with Crippen LogP contribution in [0, 0.1) is 0 Å². The average Bonchev–Trinajstić information content (AvgIpc) is 2.72. The van der Waals surface area contributed by atoms with E-state index in [1.54, 1.807) is 43.9 Å². The summed E-state index contributed by atoms with van der Waals surface area (Å²) in [5, 5.41) is 3.62. The van der Waals surface area contributed by atoms with Crippen LogP contribution >= 0.6 is 15.9 Å². The van der Waals surface area contributed by atoms with E-state index < -0.39 is 26.7 Å². The van der Waals surface area contributed by atoms with Crippen molar-refractivity contribution in [2.24, 2.45) is 5.16 Å². The zero-order chi connectivity index (χ0) is 15.9. The number of halogens is 4. The normalized spacial score (nSPS) is 22.9. The van der Waals surface area contributed by atoms with E-state index in [0.717, 1.165) is 4.47 Å². The maximum Gasteiger partial charge on any atom is 0.457 e. The molecular formula is C13H15BrF3NO2Si. The number of rotatable bonds is 3. The van der Waals surface area contributed by atoms with Crippen molar-refractivity contribution in [2.75, 3.05) is 0 Å². The molecule has 0 spiro atoms. The van der Waals surface area contributed by atoms with Crippen LogP contribution in [0.1, 0.15) is 12.0 Å². The lowest BCUT2D eigenvalue weighted by atomic mass is 10.0. The summed E-state index contributed by atoms with van der Waals surface area (Å²) < 4.78 is 46.3. The SMILES string of the molecule is C[Si](C)(C)OC1(C(F)(F)F)CC(c2ccc(Br)cc2)=NO1. The monoisotopic (exact) mass is 381 g/mol. The molecule has 0 amide bonds. The second-order valence-electron chi connectivity index (χ2n) is 5.78. The summed E-state index contributed by atoms with van der Waals surface area (Å²) in [7, 11) is -2.47. The van der Waals surface area contributed by atoms with Crippen molar-refractivity contribution in [1.29, 1.82) is 0 Å². The van der Waals surface area contributed by atoms with Crippen LogP contribution in [0.3, 0.4) is 0 Å². The van der Waals surface area contributed by atoms with E-state index in [0.29, 0.717) is 5.56 Å². The minimum Gasteiger partial charge on any atom is -0.373 e. The Labute approximate surface area is 130 Å². The highest BCUT2D eigenvalue weighted by molar-refractivity contribution is 9.10. The molecule has 1 heterocycles. The second-order valence-corrected chi connectivity index (χ2v) is 11.1. The Morgan fingerprint density at radius 2 is 1.81 bits per heavy atom. The maximum atomic E-state index is 13.4. The predicted molar refractivity (Wildman–Crippen MR) is 79.6 cm³/mol. The average molecular weight is 382 g/mol. The van der Waals surface area contributed by atoms with Gasteiger partial charge in [-0.15, -0.1) is 0 Å². The standard InChI is InChI=1S/C13H15BrF3NO2Si/c1-21(2,3)20-12(13(15,16)17)8-11(18-19-12)9-4-6-10(14)7-5-9/h4-7H,8H2,1-3H3. The Morgan fingerprint density at radius 3 is 2.29 bits per heavy atom. The van der Waals surface area contributed by atoms with Crippen LogP contribution in [0.25, 0.3) is 0 Å². The minimum atomic E-state index is -4.64. The molecule has 0 bridgehead atoms. The first-order valence-corrected chi connectivity index (χ1v) is 10.5. The molecule has 0 radical (unpaired) electrons. The van der Waals surface area contributed by atoms with Gasteiger partial charge < -0.3 is 9.26 Å². The molecule has 8 heteroatoms. The summed E-state index contributed by atoms with van der Waals surface area (Å²) in [6, 6.07) is 6.86. The van der Waals surface area contributed by atoms with Crippen LogP contribution in [0.5, 0.6) is 0 Å². The fourth-order valence-corrected chi connectivity index (χ4v) is 3.45. The predicted octanol–water partition coefficient (Wildman–Crippen LogP) is 4.68. The molecule has 0 saturated carbocycles. The fraction of sp³-hybridized carbons (Fsp3) is 0.462. The second kappa shape index (κ2) is 5.40. The van der Waals surface area contributed by atoms with Gasteiger partial charge in [0.05, 0.1) is 12.1 Å². The molecule has 0 saturated heterocycles. The van der Waals surface area contributed by atoms with Crippen molar-refractivity contribution in [3.8, 4) is 0 Å². The molecule has 3 nitrogen and oxygen atoms in total. The van der Waals surface area contributed by atoms with E-state index in [4.69, 9.17) is 9.26 Å². The van der Waals surface area contributed by atoms with Gasteiger partial charge in [0.2, 0.25) is 0 Å². The number of hydrogen-bond acceptors (Lipinski definition) is 3. The van der Waals surface area contributed by atoms with Gasteiger partial charge in [0.15, 0.2) is 8.32 Å². The van der Waals surface area contributed by atoms with Gasteiger partial charge in [0.1, 0.15) is 0 Å². The third-order valence-electron chi connectivity index (χ3n) is 2.78. The van der Waals surface area contributed by atoms with E-state index in [2.05, 4.69) is 21.1 Å². The highest BCUT2D eigenvalue weighted by Gasteiger charge is 2.64. The van der Waals surface area contributed by atoms with E-state index in [1.807, 2.05) is 0 Å². The lowest BCUT2D eigenvalue weighted by molar-refractivity contribution is -0.346. The molecule has 1 aliphatic rings. The van der Waals surface area contributed by atoms with Crippen molar-refractivity contribution in [2.45, 2.75) is 38.0 Å². The van der Waals surface area contributed by atoms with Gasteiger partial charge >= 0.3 is 12.0 Å². The smallest absolute Gasteiger partial charge is 0.373 e. The van der Waals surface area contributed by atoms with Gasteiger partial charge in [-0.1, -0.05) is 33.2 Å². The summed E-state index contributed by atoms with van der Waals surface area (Å²) in [6.07, 6.45) is -5.09. The molecular weight excluding hydrogens is 367 g/mol. The highest BCUT2D eigenvalue weighted by atomic mass is 79.9. The Balaban J connectivity index is 2.27. The first-order chi connectivity index (χ1) is 9.52. The Kier molecular flexibility index (Phi) is 4.25. The number of hydrogen-bond donors (Lipinski definition) is 0. The number of oxime groups is 1. The van der Waals surface area contributed by atoms with Crippen molar-refractivity contribution < 1.29 is 22.4 Å². The molecule has 0 aliphatic carbocycles. The first kappa shape index (κ1) is 16.5. The Morgan fingerprint density at radius 1 is 1.24 bits per heavy atom. The molecule has 1 aliphatic heterocycles. The molecule has 1 aromatic rings. The third-order valence-corrected chi connectivity index (χ3v) is 4.25. The summed E-state index contributed by atoms with van der Waals surface area (Å²) in [5.74, 6) is -2.67. The van der Waals surface area contributed by atoms with Crippen LogP contribution in [0.4, 0.5) is 13.2 Å². The van der Waals surface area contributed by atoms with Crippen LogP contribution in [0.2, 0.25) is 19.6 Å². The molecule has 1 aromatic carbocycles. The molecule has 0 N–H and O–H groups in total. The van der Waals surface area contributed by atoms with E-state index in [9.17, 15) is 13.2 Å². The van der Waals surface area contributed by atoms with Gasteiger partial charge in [-0.3, -0.25) is 0 Å². The van der Waals surface area contributed by atoms with Crippen molar-refractivity contribution in [1.82, 2.24) is 0 Å². The van der Waals surface area contributed by atoms with E-state index in [1.165, 1.54) is 0 Å². The zero-order valence-electron chi connectivity index (χ0n) is 11.8. The number of alkyl halides is 3. The summed E-state index contributed by atoms with van der Waals surface area (Å²) in [4.78, 5) is 4.74. The summed E-state index contributed by atoms with van der Waals surface area (Å²) >= 11 is 3.28. The van der Waals surface area contributed by atoms with Crippen LogP contribution < -0.4 is 0 Å². The highest BCUT2D eigenvalue weighted by Crippen LogP contribution is 2.43. The van der Waals surface area contributed by atoms with Gasteiger partial charge in [0, 0.05) is 4.47 Å². The van der Waals surface area contributed by atoms with Gasteiger partial charge in [-0.2, -0.15) is 13.2 Å². The molecule has 1 atom stereocenters. The van der Waals surface area contributed by atoms with Crippen LogP contribution in [-0.2, 0) is 9.26 Å². The van der Waals surface area contributed by atoms with Crippen molar-refractivity contribution in [3.05, 3.63) is 34.3 Å². The quantitative estimate of drug-likeness (QED) is 0.711. The lowest BCUT2D eigenvalue weighted by Crippen LogP contribution is -2.53. The van der Waals surface area contributed by atoms with E-state index in [-0.39, 0.29) is 5.71 Å². The molecule has 21 heavy (non-hydrogen) atoms. The van der Waals surface area contributed by atoms with Gasteiger partial charge in [0.25, 0.3) is 0 Å². The van der Waals surface area contributed by atoms with Crippen molar-refractivity contribution >= 4 is 30.0 Å². The van der Waals surface area contributed by atoms with Crippen LogP contribution in [0.15, 0.2) is 33.9 Å². The minimum absolute atomic E-state index is 0.234. The fourth-order valence-electron chi connectivity index (χ4n) is 1.97. The molecule has 0 fully saturated rings. The third kappa shape index (κ3) is 3.67. The Hall–Kier alpha value is -0.863. The van der Waals surface area contributed by atoms with Gasteiger partial charge in [-0.25, -0.2) is 0 Å².